The molecule has 0 radical (unpaired) electrons. The van der Waals surface area contributed by atoms with Crippen molar-refractivity contribution in [3.05, 3.63) is 82.2 Å². The molecule has 0 atom stereocenters. The van der Waals surface area contributed by atoms with Crippen LogP contribution in [0.4, 0.5) is 0 Å². The first-order chi connectivity index (χ1) is 16.1. The number of furan rings is 1. The molecule has 170 valence electrons. The Balaban J connectivity index is 1.26. The SMILES string of the molecule is O=C(NCc1ccco1)C1CCN(C(=O)c2cc3ccsc3n2Cc2ccc(Cl)cc2)CC1. The van der Waals surface area contributed by atoms with Crippen LogP contribution in [-0.4, -0.2) is 34.4 Å². The molecule has 0 aliphatic carbocycles. The minimum absolute atomic E-state index is 0.0156. The van der Waals surface area contributed by atoms with Gasteiger partial charge in [0.15, 0.2) is 0 Å². The zero-order chi connectivity index (χ0) is 22.8. The molecule has 6 nitrogen and oxygen atoms in total. The molecule has 1 aliphatic rings. The molecule has 8 heteroatoms. The molecule has 1 N–H and O–H groups in total. The summed E-state index contributed by atoms with van der Waals surface area (Å²) in [6.45, 7) is 2.13. The molecule has 3 aromatic heterocycles. The summed E-state index contributed by atoms with van der Waals surface area (Å²) >= 11 is 7.67. The number of nitrogens with one attached hydrogen (secondary N) is 1. The van der Waals surface area contributed by atoms with Crippen molar-refractivity contribution < 1.29 is 14.0 Å². The Hall–Kier alpha value is -3.03. The maximum atomic E-state index is 13.5. The second kappa shape index (κ2) is 9.45. The third-order valence-electron chi connectivity index (χ3n) is 6.15. The fraction of sp³-hybridized carbons (Fsp3) is 0.280. The number of amides is 2. The number of thiophene rings is 1. The lowest BCUT2D eigenvalue weighted by Gasteiger charge is -2.31. The highest BCUT2D eigenvalue weighted by Crippen LogP contribution is 2.28. The highest BCUT2D eigenvalue weighted by molar-refractivity contribution is 7.16. The normalized spacial score (nSPS) is 14.6. The molecular weight excluding hydrogens is 458 g/mol. The van der Waals surface area contributed by atoms with Crippen molar-refractivity contribution >= 4 is 45.0 Å². The van der Waals surface area contributed by atoms with E-state index in [1.54, 1.807) is 23.7 Å². The zero-order valence-electron chi connectivity index (χ0n) is 18.0. The van der Waals surface area contributed by atoms with Crippen LogP contribution in [-0.2, 0) is 17.9 Å². The third-order valence-corrected chi connectivity index (χ3v) is 7.35. The lowest BCUT2D eigenvalue weighted by atomic mass is 9.95. The molecule has 4 heterocycles. The molecule has 0 bridgehead atoms. The summed E-state index contributed by atoms with van der Waals surface area (Å²) in [5.41, 5.74) is 1.78. The van der Waals surface area contributed by atoms with Crippen LogP contribution in [0.5, 0.6) is 0 Å². The number of nitrogens with zero attached hydrogens (tertiary/aromatic N) is 2. The van der Waals surface area contributed by atoms with Gasteiger partial charge in [-0.15, -0.1) is 11.3 Å². The van der Waals surface area contributed by atoms with Gasteiger partial charge < -0.3 is 19.2 Å². The Morgan fingerprint density at radius 1 is 1.12 bits per heavy atom. The van der Waals surface area contributed by atoms with Crippen LogP contribution in [0.3, 0.4) is 0 Å². The molecule has 4 aromatic rings. The topological polar surface area (TPSA) is 67.5 Å². The number of hydrogen-bond acceptors (Lipinski definition) is 4. The third kappa shape index (κ3) is 4.70. The molecule has 0 spiro atoms. The van der Waals surface area contributed by atoms with Crippen LogP contribution in [0.1, 0.15) is 34.7 Å². The zero-order valence-corrected chi connectivity index (χ0v) is 19.6. The lowest BCUT2D eigenvalue weighted by molar-refractivity contribution is -0.126. The van der Waals surface area contributed by atoms with Gasteiger partial charge in [0.2, 0.25) is 5.91 Å². The molecule has 1 aromatic carbocycles. The number of likely N-dealkylation sites (tertiary alicyclic amines) is 1. The van der Waals surface area contributed by atoms with Gasteiger partial charge in [0.05, 0.1) is 12.8 Å². The highest BCUT2D eigenvalue weighted by atomic mass is 35.5. The maximum Gasteiger partial charge on any atom is 0.270 e. The first-order valence-corrected chi connectivity index (χ1v) is 12.2. The van der Waals surface area contributed by atoms with E-state index in [2.05, 4.69) is 9.88 Å². The van der Waals surface area contributed by atoms with E-state index in [1.165, 1.54) is 0 Å². The van der Waals surface area contributed by atoms with Crippen LogP contribution in [0, 0.1) is 5.92 Å². The molecule has 0 unspecified atom stereocenters. The molecule has 2 amide bonds. The van der Waals surface area contributed by atoms with E-state index in [4.69, 9.17) is 16.0 Å². The van der Waals surface area contributed by atoms with Crippen molar-refractivity contribution in [3.63, 3.8) is 0 Å². The van der Waals surface area contributed by atoms with Gasteiger partial charge in [0, 0.05) is 36.0 Å². The number of carbonyl (C=O) groups excluding carboxylic acids is 2. The predicted octanol–water partition coefficient (Wildman–Crippen LogP) is 5.17. The van der Waals surface area contributed by atoms with Crippen molar-refractivity contribution in [2.45, 2.75) is 25.9 Å². The Bertz CT molecular complexity index is 1250. The summed E-state index contributed by atoms with van der Waals surface area (Å²) in [4.78, 5) is 29.0. The molecule has 1 aliphatic heterocycles. The standard InChI is InChI=1S/C25H24ClN3O3S/c26-20-5-3-17(4-6-20)16-29-22(14-19-9-13-33-25(19)29)24(31)28-10-7-18(8-11-28)23(30)27-15-21-2-1-12-32-21/h1-6,9,12-14,18H,7-8,10-11,15-16H2,(H,27,30). The second-order valence-corrected chi connectivity index (χ2v) is 9.62. The van der Waals surface area contributed by atoms with Crippen LogP contribution >= 0.6 is 22.9 Å². The van der Waals surface area contributed by atoms with Gasteiger partial charge in [0.1, 0.15) is 16.3 Å². The van der Waals surface area contributed by atoms with Crippen molar-refractivity contribution in [2.24, 2.45) is 5.92 Å². The molecule has 1 saturated heterocycles. The van der Waals surface area contributed by atoms with Gasteiger partial charge in [-0.2, -0.15) is 0 Å². The monoisotopic (exact) mass is 481 g/mol. The summed E-state index contributed by atoms with van der Waals surface area (Å²) in [7, 11) is 0. The molecule has 0 saturated carbocycles. The average Bonchev–Trinajstić information content (AvgIpc) is 3.58. The Morgan fingerprint density at radius 3 is 2.64 bits per heavy atom. The van der Waals surface area contributed by atoms with E-state index in [0.29, 0.717) is 49.7 Å². The number of halogens is 1. The number of rotatable bonds is 6. The first-order valence-electron chi connectivity index (χ1n) is 11.0. The van der Waals surface area contributed by atoms with E-state index in [-0.39, 0.29) is 17.7 Å². The number of piperidine rings is 1. The van der Waals surface area contributed by atoms with Crippen molar-refractivity contribution in [1.29, 1.82) is 0 Å². The average molecular weight is 482 g/mol. The van der Waals surface area contributed by atoms with Gasteiger partial charge in [0.25, 0.3) is 5.91 Å². The van der Waals surface area contributed by atoms with E-state index in [9.17, 15) is 9.59 Å². The van der Waals surface area contributed by atoms with Gasteiger partial charge in [-0.1, -0.05) is 23.7 Å². The number of benzene rings is 1. The largest absolute Gasteiger partial charge is 0.467 e. The Labute approximate surface area is 200 Å². The minimum Gasteiger partial charge on any atom is -0.467 e. The van der Waals surface area contributed by atoms with Crippen LogP contribution in [0.25, 0.3) is 10.2 Å². The van der Waals surface area contributed by atoms with Crippen LogP contribution < -0.4 is 5.32 Å². The summed E-state index contributed by atoms with van der Waals surface area (Å²) in [5, 5.41) is 6.75. The van der Waals surface area contributed by atoms with Gasteiger partial charge in [-0.05, 0) is 60.2 Å². The van der Waals surface area contributed by atoms with E-state index in [1.807, 2.05) is 52.7 Å². The molecule has 33 heavy (non-hydrogen) atoms. The smallest absolute Gasteiger partial charge is 0.270 e. The minimum atomic E-state index is -0.0895. The fourth-order valence-electron chi connectivity index (χ4n) is 4.32. The van der Waals surface area contributed by atoms with E-state index < -0.39 is 0 Å². The Morgan fingerprint density at radius 2 is 1.91 bits per heavy atom. The maximum absolute atomic E-state index is 13.5. The van der Waals surface area contributed by atoms with Crippen LogP contribution in [0.2, 0.25) is 5.02 Å². The van der Waals surface area contributed by atoms with Gasteiger partial charge >= 0.3 is 0 Å². The number of hydrogen-bond donors (Lipinski definition) is 1. The Kier molecular flexibility index (Phi) is 6.24. The van der Waals surface area contributed by atoms with Gasteiger partial charge in [-0.25, -0.2) is 0 Å². The molecule has 5 rings (SSSR count). The highest BCUT2D eigenvalue weighted by Gasteiger charge is 2.29. The quantitative estimate of drug-likeness (QED) is 0.413. The predicted molar refractivity (Wildman–Crippen MR) is 130 cm³/mol. The summed E-state index contributed by atoms with van der Waals surface area (Å²) in [6.07, 6.45) is 2.91. The summed E-state index contributed by atoms with van der Waals surface area (Å²) < 4.78 is 7.36. The molecular formula is C25H24ClN3O3S. The van der Waals surface area contributed by atoms with Crippen molar-refractivity contribution in [1.82, 2.24) is 14.8 Å². The number of aromatic nitrogens is 1. The fourth-order valence-corrected chi connectivity index (χ4v) is 5.34. The summed E-state index contributed by atoms with van der Waals surface area (Å²) in [5.74, 6) is 0.678. The van der Waals surface area contributed by atoms with Crippen molar-refractivity contribution in [2.75, 3.05) is 13.1 Å². The molecule has 1 fully saturated rings. The van der Waals surface area contributed by atoms with Gasteiger partial charge in [-0.3, -0.25) is 9.59 Å². The van der Waals surface area contributed by atoms with E-state index >= 15 is 0 Å². The van der Waals surface area contributed by atoms with E-state index in [0.717, 1.165) is 21.5 Å². The second-order valence-electron chi connectivity index (χ2n) is 8.29. The van der Waals surface area contributed by atoms with Crippen LogP contribution in [0.15, 0.2) is 64.6 Å². The van der Waals surface area contributed by atoms with Crippen molar-refractivity contribution in [3.8, 4) is 0 Å². The number of fused-ring (bicyclic) bond motifs is 1. The number of carbonyl (C=O) groups is 2. The summed E-state index contributed by atoms with van der Waals surface area (Å²) in [6, 6.07) is 15.4. The lowest BCUT2D eigenvalue weighted by Crippen LogP contribution is -2.43. The first kappa shape index (κ1) is 21.8.